The number of hydroxylamine groups is 1. The molecule has 0 aliphatic rings. The highest BCUT2D eigenvalue weighted by Crippen LogP contribution is 2.22. The molecule has 0 amide bonds. The minimum Gasteiger partial charge on any atom is -0.599 e. The summed E-state index contributed by atoms with van der Waals surface area (Å²) in [4.78, 5) is 0.748. The first-order valence-electron chi connectivity index (χ1n) is 6.43. The maximum atomic E-state index is 12.1. The Morgan fingerprint density at radius 3 is 2.42 bits per heavy atom. The van der Waals surface area contributed by atoms with Crippen molar-refractivity contribution >= 4 is 5.69 Å². The molecule has 0 fully saturated rings. The Labute approximate surface area is 114 Å². The van der Waals surface area contributed by atoms with Crippen LogP contribution in [0.15, 0.2) is 41.0 Å². The van der Waals surface area contributed by atoms with Gasteiger partial charge in [-0.3, -0.25) is 0 Å². The Hall–Kier alpha value is -1.84. The summed E-state index contributed by atoms with van der Waals surface area (Å²) < 4.78 is 0. The van der Waals surface area contributed by atoms with E-state index in [-0.39, 0.29) is 5.75 Å². The fraction of sp³-hybridized carbons (Fsp3) is 0.467. The molecule has 1 N–H and O–H groups in total. The van der Waals surface area contributed by atoms with Crippen molar-refractivity contribution in [2.75, 3.05) is 0 Å². The molecule has 1 aromatic carbocycles. The number of nitrogens with zero attached hydrogens (tertiary/aromatic N) is 2. The summed E-state index contributed by atoms with van der Waals surface area (Å²) in [5.41, 5.74) is 1.25. The molecule has 19 heavy (non-hydrogen) atoms. The van der Waals surface area contributed by atoms with Crippen molar-refractivity contribution in [1.82, 2.24) is 0 Å². The lowest BCUT2D eigenvalue weighted by Gasteiger charge is -2.20. The Kier molecular flexibility index (Phi) is 5.10. The van der Waals surface area contributed by atoms with Crippen LogP contribution in [0.5, 0.6) is 5.75 Å². The van der Waals surface area contributed by atoms with Gasteiger partial charge in [0.2, 0.25) is 0 Å². The number of hydrogen-bond donors (Lipinski definition) is 1. The topological polar surface area (TPSA) is 58.7 Å². The van der Waals surface area contributed by atoms with Crippen LogP contribution in [-0.2, 0) is 0 Å². The van der Waals surface area contributed by atoms with Crippen molar-refractivity contribution in [3.05, 3.63) is 41.1 Å². The first kappa shape index (κ1) is 15.2. The number of allylic oxidation sites excluding steroid dienone is 2. The van der Waals surface area contributed by atoms with Crippen LogP contribution in [0.3, 0.4) is 0 Å². The van der Waals surface area contributed by atoms with Crippen molar-refractivity contribution in [1.29, 1.82) is 0 Å². The van der Waals surface area contributed by atoms with Crippen LogP contribution in [0.1, 0.15) is 40.5 Å². The van der Waals surface area contributed by atoms with Crippen LogP contribution >= 0.6 is 0 Å². The quantitative estimate of drug-likeness (QED) is 0.367. The van der Waals surface area contributed by atoms with Gasteiger partial charge in [-0.1, -0.05) is 16.5 Å². The SMILES string of the molecule is CC(C)=CCCC(C)(C)[N+]([O-])=Nc1ccc(O)cc1. The van der Waals surface area contributed by atoms with E-state index in [9.17, 15) is 10.3 Å². The predicted molar refractivity (Wildman–Crippen MR) is 76.6 cm³/mol. The van der Waals surface area contributed by atoms with E-state index in [4.69, 9.17) is 0 Å². The molecular formula is C15H22N2O2. The van der Waals surface area contributed by atoms with Gasteiger partial charge in [0.1, 0.15) is 11.4 Å². The molecule has 0 aromatic heterocycles. The maximum Gasteiger partial charge on any atom is 0.194 e. The normalized spacial score (nSPS) is 12.3. The number of hydrogen-bond acceptors (Lipinski definition) is 3. The van der Waals surface area contributed by atoms with E-state index < -0.39 is 5.54 Å². The van der Waals surface area contributed by atoms with Crippen molar-refractivity contribution in [2.24, 2.45) is 5.11 Å². The average molecular weight is 262 g/mol. The first-order valence-corrected chi connectivity index (χ1v) is 6.43. The third-order valence-electron chi connectivity index (χ3n) is 2.88. The van der Waals surface area contributed by atoms with Gasteiger partial charge < -0.3 is 10.3 Å². The van der Waals surface area contributed by atoms with E-state index >= 15 is 0 Å². The lowest BCUT2D eigenvalue weighted by molar-refractivity contribution is -0.600. The molecule has 0 saturated heterocycles. The third kappa shape index (κ3) is 5.12. The highest BCUT2D eigenvalue weighted by atomic mass is 16.5. The highest BCUT2D eigenvalue weighted by Gasteiger charge is 2.27. The van der Waals surface area contributed by atoms with Crippen molar-refractivity contribution in [3.8, 4) is 5.75 Å². The molecule has 0 aliphatic carbocycles. The number of rotatable bonds is 5. The summed E-state index contributed by atoms with van der Waals surface area (Å²) in [7, 11) is 0. The molecule has 0 radical (unpaired) electrons. The predicted octanol–water partition coefficient (Wildman–Crippen LogP) is 4.51. The molecule has 4 nitrogen and oxygen atoms in total. The number of benzene rings is 1. The number of azo groups is 1. The van der Waals surface area contributed by atoms with Gasteiger partial charge in [0.05, 0.1) is 0 Å². The standard InChI is InChI=1S/C15H22N2O2/c1-12(2)6-5-11-15(3,4)17(19)16-13-7-9-14(18)10-8-13/h6-10,18H,5,11H2,1-4H3. The fourth-order valence-electron chi connectivity index (χ4n) is 1.57. The van der Waals surface area contributed by atoms with E-state index in [1.807, 2.05) is 27.7 Å². The van der Waals surface area contributed by atoms with Crippen LogP contribution in [0.2, 0.25) is 0 Å². The zero-order valence-electron chi connectivity index (χ0n) is 12.1. The van der Waals surface area contributed by atoms with Gasteiger partial charge >= 0.3 is 0 Å². The molecule has 0 aliphatic heterocycles. The summed E-state index contributed by atoms with van der Waals surface area (Å²) in [5, 5.41) is 25.3. The molecule has 4 heteroatoms. The van der Waals surface area contributed by atoms with E-state index in [0.717, 1.165) is 17.7 Å². The molecule has 0 heterocycles. The molecule has 0 bridgehead atoms. The van der Waals surface area contributed by atoms with Crippen molar-refractivity contribution < 1.29 is 9.97 Å². The second kappa shape index (κ2) is 6.36. The van der Waals surface area contributed by atoms with Gasteiger partial charge in [0, 0.05) is 25.4 Å². The fourth-order valence-corrected chi connectivity index (χ4v) is 1.57. The summed E-state index contributed by atoms with van der Waals surface area (Å²) in [6.07, 6.45) is 3.72. The Bertz CT molecular complexity index is 469. The van der Waals surface area contributed by atoms with Crippen LogP contribution in [0.4, 0.5) is 5.69 Å². The molecule has 1 aromatic rings. The molecule has 0 unspecified atom stereocenters. The molecule has 104 valence electrons. The number of phenols is 1. The molecule has 0 saturated carbocycles. The molecular weight excluding hydrogens is 240 g/mol. The van der Waals surface area contributed by atoms with Gasteiger partial charge in [-0.15, -0.1) is 0 Å². The highest BCUT2D eigenvalue weighted by molar-refractivity contribution is 5.39. The Morgan fingerprint density at radius 2 is 1.89 bits per heavy atom. The number of phenolic OH excluding ortho intramolecular Hbond substituents is 1. The zero-order valence-corrected chi connectivity index (χ0v) is 12.1. The molecule has 0 atom stereocenters. The van der Waals surface area contributed by atoms with Gasteiger partial charge in [-0.25, -0.2) is 0 Å². The van der Waals surface area contributed by atoms with Crippen molar-refractivity contribution in [2.45, 2.75) is 46.1 Å². The maximum absolute atomic E-state index is 12.1. The average Bonchev–Trinajstić information content (AvgIpc) is 2.31. The van der Waals surface area contributed by atoms with Gasteiger partial charge in [-0.2, -0.15) is 0 Å². The van der Waals surface area contributed by atoms with E-state index in [0.29, 0.717) is 5.69 Å². The van der Waals surface area contributed by atoms with Crippen LogP contribution in [-0.4, -0.2) is 15.5 Å². The Morgan fingerprint density at radius 1 is 1.32 bits per heavy atom. The minimum atomic E-state index is -0.552. The van der Waals surface area contributed by atoms with E-state index in [1.54, 1.807) is 12.1 Å². The zero-order chi connectivity index (χ0) is 14.5. The van der Waals surface area contributed by atoms with Gasteiger partial charge in [0.15, 0.2) is 5.54 Å². The smallest absolute Gasteiger partial charge is 0.194 e. The summed E-state index contributed by atoms with van der Waals surface area (Å²) in [6, 6.07) is 6.27. The second-order valence-electron chi connectivity index (χ2n) is 5.52. The van der Waals surface area contributed by atoms with Crippen molar-refractivity contribution in [3.63, 3.8) is 0 Å². The summed E-state index contributed by atoms with van der Waals surface area (Å²) in [6.45, 7) is 7.84. The lowest BCUT2D eigenvalue weighted by Crippen LogP contribution is -2.31. The van der Waals surface area contributed by atoms with E-state index in [2.05, 4.69) is 11.2 Å². The van der Waals surface area contributed by atoms with E-state index in [1.165, 1.54) is 17.7 Å². The molecule has 1 rings (SSSR count). The van der Waals surface area contributed by atoms with Crippen LogP contribution < -0.4 is 0 Å². The first-order chi connectivity index (χ1) is 8.81. The Balaban J connectivity index is 2.76. The monoisotopic (exact) mass is 262 g/mol. The number of aromatic hydroxyl groups is 1. The minimum absolute atomic E-state index is 0.166. The third-order valence-corrected chi connectivity index (χ3v) is 2.88. The summed E-state index contributed by atoms with van der Waals surface area (Å²) in [5.74, 6) is 0.166. The molecule has 0 spiro atoms. The largest absolute Gasteiger partial charge is 0.599 e. The second-order valence-corrected chi connectivity index (χ2v) is 5.52. The van der Waals surface area contributed by atoms with Crippen LogP contribution in [0, 0.1) is 5.21 Å². The lowest BCUT2D eigenvalue weighted by atomic mass is 9.99. The van der Waals surface area contributed by atoms with Crippen LogP contribution in [0.25, 0.3) is 0 Å². The van der Waals surface area contributed by atoms with Gasteiger partial charge in [0.25, 0.3) is 0 Å². The summed E-state index contributed by atoms with van der Waals surface area (Å²) >= 11 is 0. The van der Waals surface area contributed by atoms with Gasteiger partial charge in [-0.05, 0) is 44.5 Å².